The summed E-state index contributed by atoms with van der Waals surface area (Å²) in [7, 11) is 0. The maximum Gasteiger partial charge on any atom is 0.358 e. The zero-order valence-electron chi connectivity index (χ0n) is 9.95. The highest BCUT2D eigenvalue weighted by molar-refractivity contribution is 6.02. The molecule has 0 saturated heterocycles. The van der Waals surface area contributed by atoms with Gasteiger partial charge >= 0.3 is 5.97 Å². The van der Waals surface area contributed by atoms with Crippen molar-refractivity contribution < 1.29 is 20.1 Å². The summed E-state index contributed by atoms with van der Waals surface area (Å²) < 4.78 is 0. The molecule has 19 heavy (non-hydrogen) atoms. The Balaban J connectivity index is 2.58. The van der Waals surface area contributed by atoms with Crippen LogP contribution in [0.15, 0.2) is 24.3 Å². The maximum atomic E-state index is 11.2. The Bertz CT molecular complexity index is 599. The van der Waals surface area contributed by atoms with Crippen molar-refractivity contribution in [3.8, 4) is 0 Å². The molecule has 0 aliphatic rings. The predicted molar refractivity (Wildman–Crippen MR) is 68.1 cm³/mol. The van der Waals surface area contributed by atoms with Crippen LogP contribution >= 0.6 is 0 Å². The van der Waals surface area contributed by atoms with E-state index in [1.807, 2.05) is 0 Å². The van der Waals surface area contributed by atoms with E-state index in [0.717, 1.165) is 0 Å². The minimum atomic E-state index is -1.23. The summed E-state index contributed by atoms with van der Waals surface area (Å²) in [4.78, 5) is 11.2. The Morgan fingerprint density at radius 3 is 2.53 bits per heavy atom. The molecule has 0 saturated carbocycles. The van der Waals surface area contributed by atoms with Gasteiger partial charge in [0.15, 0.2) is 5.69 Å². The fraction of sp³-hybridized carbons (Fsp3) is 0.250. The number of carboxylic acids is 1. The van der Waals surface area contributed by atoms with Gasteiger partial charge in [-0.2, -0.15) is 0 Å². The Morgan fingerprint density at radius 1 is 1.21 bits per heavy atom. The van der Waals surface area contributed by atoms with Gasteiger partial charge in [-0.15, -0.1) is 10.2 Å². The number of carbonyl (C=O) groups is 1. The van der Waals surface area contributed by atoms with Crippen molar-refractivity contribution in [2.75, 3.05) is 18.5 Å². The lowest BCUT2D eigenvalue weighted by Gasteiger charge is -2.17. The van der Waals surface area contributed by atoms with Crippen molar-refractivity contribution in [1.29, 1.82) is 0 Å². The van der Waals surface area contributed by atoms with E-state index in [-0.39, 0.29) is 24.6 Å². The number of aliphatic hydroxyl groups excluding tert-OH is 2. The van der Waals surface area contributed by atoms with Crippen LogP contribution < -0.4 is 5.32 Å². The first kappa shape index (κ1) is 13.2. The van der Waals surface area contributed by atoms with Gasteiger partial charge in [0.05, 0.1) is 30.5 Å². The fourth-order valence-electron chi connectivity index (χ4n) is 1.70. The molecular weight excluding hydrogens is 250 g/mol. The van der Waals surface area contributed by atoms with E-state index < -0.39 is 12.0 Å². The third-order valence-electron chi connectivity index (χ3n) is 2.66. The zero-order chi connectivity index (χ0) is 13.8. The van der Waals surface area contributed by atoms with E-state index in [4.69, 9.17) is 15.3 Å². The van der Waals surface area contributed by atoms with Crippen molar-refractivity contribution >= 4 is 22.6 Å². The van der Waals surface area contributed by atoms with Gasteiger partial charge in [-0.3, -0.25) is 0 Å². The van der Waals surface area contributed by atoms with Gasteiger partial charge in [-0.05, 0) is 6.07 Å². The van der Waals surface area contributed by atoms with Crippen molar-refractivity contribution in [2.45, 2.75) is 6.04 Å². The van der Waals surface area contributed by atoms with E-state index in [0.29, 0.717) is 10.9 Å². The molecule has 1 aromatic heterocycles. The summed E-state index contributed by atoms with van der Waals surface area (Å²) in [5.74, 6) is -1.23. The quantitative estimate of drug-likeness (QED) is 0.604. The minimum absolute atomic E-state index is 0.242. The summed E-state index contributed by atoms with van der Waals surface area (Å²) in [5.41, 5.74) is 0.529. The SMILES string of the molecule is O=C(O)c1nnc2ccccc2c1NC(CO)CO. The molecule has 0 unspecified atom stereocenters. The molecular formula is C12H13N3O4. The molecule has 0 amide bonds. The van der Waals surface area contributed by atoms with Crippen LogP contribution in [-0.2, 0) is 0 Å². The van der Waals surface area contributed by atoms with Crippen LogP contribution in [0.5, 0.6) is 0 Å². The first-order chi connectivity index (χ1) is 9.17. The summed E-state index contributed by atoms with van der Waals surface area (Å²) in [6.07, 6.45) is 0. The fourth-order valence-corrected chi connectivity index (χ4v) is 1.70. The molecule has 100 valence electrons. The van der Waals surface area contributed by atoms with Crippen LogP contribution in [0.4, 0.5) is 5.69 Å². The summed E-state index contributed by atoms with van der Waals surface area (Å²) >= 11 is 0. The van der Waals surface area contributed by atoms with Crippen molar-refractivity contribution in [3.63, 3.8) is 0 Å². The number of rotatable bonds is 5. The lowest BCUT2D eigenvalue weighted by atomic mass is 10.1. The number of aliphatic hydroxyl groups is 2. The molecule has 0 bridgehead atoms. The van der Waals surface area contributed by atoms with E-state index in [1.54, 1.807) is 24.3 Å². The second kappa shape index (κ2) is 5.59. The average molecular weight is 263 g/mol. The third-order valence-corrected chi connectivity index (χ3v) is 2.66. The molecule has 2 aromatic rings. The third kappa shape index (κ3) is 2.61. The van der Waals surface area contributed by atoms with Gasteiger partial charge in [0.1, 0.15) is 0 Å². The van der Waals surface area contributed by atoms with Crippen molar-refractivity contribution in [2.24, 2.45) is 0 Å². The highest BCUT2D eigenvalue weighted by atomic mass is 16.4. The second-order valence-electron chi connectivity index (χ2n) is 3.95. The average Bonchev–Trinajstić information content (AvgIpc) is 2.44. The largest absolute Gasteiger partial charge is 0.476 e. The van der Waals surface area contributed by atoms with E-state index in [1.165, 1.54) is 0 Å². The Hall–Kier alpha value is -2.25. The molecule has 0 spiro atoms. The number of benzene rings is 1. The van der Waals surface area contributed by atoms with Crippen molar-refractivity contribution in [1.82, 2.24) is 10.2 Å². The summed E-state index contributed by atoms with van der Waals surface area (Å²) in [6.45, 7) is -0.654. The molecule has 0 radical (unpaired) electrons. The zero-order valence-corrected chi connectivity index (χ0v) is 9.95. The van der Waals surface area contributed by atoms with Crippen LogP contribution in [-0.4, -0.2) is 50.7 Å². The number of carboxylic acid groups (broad SMARTS) is 1. The van der Waals surface area contributed by atoms with E-state index in [9.17, 15) is 4.79 Å². The van der Waals surface area contributed by atoms with Crippen LogP contribution in [0.25, 0.3) is 10.9 Å². The molecule has 2 rings (SSSR count). The smallest absolute Gasteiger partial charge is 0.358 e. The normalized spacial score (nSPS) is 10.9. The minimum Gasteiger partial charge on any atom is -0.476 e. The molecule has 0 aliphatic heterocycles. The number of aromatic nitrogens is 2. The molecule has 0 atom stereocenters. The van der Waals surface area contributed by atoms with Gasteiger partial charge in [-0.25, -0.2) is 4.79 Å². The van der Waals surface area contributed by atoms with Gasteiger partial charge < -0.3 is 20.6 Å². The second-order valence-corrected chi connectivity index (χ2v) is 3.95. The molecule has 7 heteroatoms. The molecule has 7 nitrogen and oxygen atoms in total. The number of fused-ring (bicyclic) bond motifs is 1. The monoisotopic (exact) mass is 263 g/mol. The van der Waals surface area contributed by atoms with Gasteiger partial charge in [0, 0.05) is 5.39 Å². The topological polar surface area (TPSA) is 116 Å². The van der Waals surface area contributed by atoms with E-state index >= 15 is 0 Å². The number of hydrogen-bond donors (Lipinski definition) is 4. The highest BCUT2D eigenvalue weighted by Crippen LogP contribution is 2.24. The van der Waals surface area contributed by atoms with Crippen LogP contribution in [0.3, 0.4) is 0 Å². The molecule has 4 N–H and O–H groups in total. The Morgan fingerprint density at radius 2 is 1.89 bits per heavy atom. The number of nitrogens with zero attached hydrogens (tertiary/aromatic N) is 2. The van der Waals surface area contributed by atoms with E-state index in [2.05, 4.69) is 15.5 Å². The van der Waals surface area contributed by atoms with Gasteiger partial charge in [-0.1, -0.05) is 18.2 Å². The van der Waals surface area contributed by atoms with Crippen LogP contribution in [0, 0.1) is 0 Å². The summed E-state index contributed by atoms with van der Waals surface area (Å²) in [6, 6.07) is 6.24. The molecule has 0 aliphatic carbocycles. The lowest BCUT2D eigenvalue weighted by molar-refractivity contribution is 0.0690. The number of anilines is 1. The Kier molecular flexibility index (Phi) is 3.88. The predicted octanol–water partition coefficient (Wildman–Crippen LogP) is 0.0931. The molecule has 0 fully saturated rings. The van der Waals surface area contributed by atoms with Crippen LogP contribution in [0.2, 0.25) is 0 Å². The standard InChI is InChI=1S/C12H13N3O4/c16-5-7(6-17)13-10-8-3-1-2-4-9(8)14-15-11(10)12(18)19/h1-4,7,16-17H,5-6H2,(H,13,14)(H,18,19). The first-order valence-corrected chi connectivity index (χ1v) is 5.64. The molecule has 1 heterocycles. The maximum absolute atomic E-state index is 11.2. The number of nitrogens with one attached hydrogen (secondary N) is 1. The van der Waals surface area contributed by atoms with Gasteiger partial charge in [0.2, 0.25) is 0 Å². The first-order valence-electron chi connectivity index (χ1n) is 5.64. The Labute approximate surface area is 108 Å². The highest BCUT2D eigenvalue weighted by Gasteiger charge is 2.18. The number of aromatic carboxylic acids is 1. The summed E-state index contributed by atoms with van der Waals surface area (Å²) in [5, 5.41) is 38.1. The number of hydrogen-bond acceptors (Lipinski definition) is 6. The van der Waals surface area contributed by atoms with Crippen LogP contribution in [0.1, 0.15) is 10.5 Å². The molecule has 1 aromatic carbocycles. The van der Waals surface area contributed by atoms with Gasteiger partial charge in [0.25, 0.3) is 0 Å². The van der Waals surface area contributed by atoms with Crippen molar-refractivity contribution in [3.05, 3.63) is 30.0 Å². The lowest BCUT2D eigenvalue weighted by Crippen LogP contribution is -2.29.